The van der Waals surface area contributed by atoms with Crippen LogP contribution in [-0.4, -0.2) is 22.0 Å². The van der Waals surface area contributed by atoms with E-state index < -0.39 is 0 Å². The SMILES string of the molecule is CNC(c1cnn(C)n1)c1cccs1. The molecule has 0 saturated carbocycles. The van der Waals surface area contributed by atoms with Crippen LogP contribution >= 0.6 is 11.3 Å². The first-order valence-electron chi connectivity index (χ1n) is 4.38. The smallest absolute Gasteiger partial charge is 0.105 e. The van der Waals surface area contributed by atoms with Gasteiger partial charge < -0.3 is 5.32 Å². The molecule has 0 aromatic carbocycles. The van der Waals surface area contributed by atoms with Crippen molar-refractivity contribution < 1.29 is 0 Å². The van der Waals surface area contributed by atoms with Crippen LogP contribution in [0.1, 0.15) is 16.6 Å². The number of hydrogen-bond acceptors (Lipinski definition) is 4. The van der Waals surface area contributed by atoms with E-state index in [1.807, 2.05) is 20.2 Å². The van der Waals surface area contributed by atoms with Crippen LogP contribution in [0.5, 0.6) is 0 Å². The van der Waals surface area contributed by atoms with E-state index in [1.54, 1.807) is 22.3 Å². The lowest BCUT2D eigenvalue weighted by molar-refractivity contribution is 0.616. The summed E-state index contributed by atoms with van der Waals surface area (Å²) in [5.74, 6) is 0. The third kappa shape index (κ3) is 1.69. The molecule has 1 N–H and O–H groups in total. The molecule has 1 atom stereocenters. The molecule has 0 aliphatic rings. The Morgan fingerprint density at radius 3 is 2.93 bits per heavy atom. The van der Waals surface area contributed by atoms with E-state index in [2.05, 4.69) is 27.0 Å². The van der Waals surface area contributed by atoms with Gasteiger partial charge in [0.25, 0.3) is 0 Å². The fourth-order valence-electron chi connectivity index (χ4n) is 1.39. The van der Waals surface area contributed by atoms with Gasteiger partial charge in [0.05, 0.1) is 12.2 Å². The van der Waals surface area contributed by atoms with Crippen molar-refractivity contribution >= 4 is 11.3 Å². The van der Waals surface area contributed by atoms with Gasteiger partial charge in [-0.3, -0.25) is 0 Å². The summed E-state index contributed by atoms with van der Waals surface area (Å²) in [6, 6.07) is 4.30. The Morgan fingerprint density at radius 2 is 2.43 bits per heavy atom. The lowest BCUT2D eigenvalue weighted by Gasteiger charge is -2.10. The Labute approximate surface area is 86.6 Å². The monoisotopic (exact) mass is 208 g/mol. The van der Waals surface area contributed by atoms with E-state index in [-0.39, 0.29) is 6.04 Å². The zero-order chi connectivity index (χ0) is 9.97. The summed E-state index contributed by atoms with van der Waals surface area (Å²) >= 11 is 1.72. The third-order valence-electron chi connectivity index (χ3n) is 2.03. The molecule has 1 unspecified atom stereocenters. The molecule has 0 radical (unpaired) electrons. The van der Waals surface area contributed by atoms with Gasteiger partial charge in [0.1, 0.15) is 5.69 Å². The molecule has 2 aromatic heterocycles. The van der Waals surface area contributed by atoms with Crippen molar-refractivity contribution in [1.29, 1.82) is 0 Å². The molecular weight excluding hydrogens is 196 g/mol. The average molecular weight is 208 g/mol. The van der Waals surface area contributed by atoms with Crippen molar-refractivity contribution in [2.24, 2.45) is 7.05 Å². The number of aryl methyl sites for hydroxylation is 1. The molecular formula is C9H12N4S. The Balaban J connectivity index is 2.31. The molecule has 0 amide bonds. The topological polar surface area (TPSA) is 42.7 Å². The molecule has 2 aromatic rings. The quantitative estimate of drug-likeness (QED) is 0.823. The second-order valence-electron chi connectivity index (χ2n) is 3.00. The maximum atomic E-state index is 4.29. The molecule has 2 rings (SSSR count). The molecule has 14 heavy (non-hydrogen) atoms. The van der Waals surface area contributed by atoms with E-state index in [0.717, 1.165) is 5.69 Å². The number of nitrogens with one attached hydrogen (secondary N) is 1. The Hall–Kier alpha value is -1.20. The zero-order valence-electron chi connectivity index (χ0n) is 8.14. The first-order valence-corrected chi connectivity index (χ1v) is 5.26. The number of hydrogen-bond donors (Lipinski definition) is 1. The third-order valence-corrected chi connectivity index (χ3v) is 2.97. The van der Waals surface area contributed by atoms with Crippen molar-refractivity contribution in [2.45, 2.75) is 6.04 Å². The Kier molecular flexibility index (Phi) is 2.60. The Bertz CT molecular complexity index is 393. The lowest BCUT2D eigenvalue weighted by Crippen LogP contribution is -2.17. The van der Waals surface area contributed by atoms with Gasteiger partial charge in [0, 0.05) is 11.9 Å². The van der Waals surface area contributed by atoms with E-state index in [1.165, 1.54) is 4.88 Å². The average Bonchev–Trinajstić information content (AvgIpc) is 2.79. The second-order valence-corrected chi connectivity index (χ2v) is 3.98. The van der Waals surface area contributed by atoms with Gasteiger partial charge in [-0.15, -0.1) is 11.3 Å². The highest BCUT2D eigenvalue weighted by atomic mass is 32.1. The summed E-state index contributed by atoms with van der Waals surface area (Å²) in [5.41, 5.74) is 0.956. The molecule has 4 nitrogen and oxygen atoms in total. The van der Waals surface area contributed by atoms with Crippen LogP contribution in [0.15, 0.2) is 23.7 Å². The van der Waals surface area contributed by atoms with E-state index in [4.69, 9.17) is 0 Å². The number of rotatable bonds is 3. The zero-order valence-corrected chi connectivity index (χ0v) is 8.95. The minimum absolute atomic E-state index is 0.156. The van der Waals surface area contributed by atoms with Crippen LogP contribution in [0.2, 0.25) is 0 Å². The van der Waals surface area contributed by atoms with Crippen molar-refractivity contribution in [3.63, 3.8) is 0 Å². The van der Waals surface area contributed by atoms with E-state index in [9.17, 15) is 0 Å². The van der Waals surface area contributed by atoms with Crippen molar-refractivity contribution in [3.05, 3.63) is 34.3 Å². The van der Waals surface area contributed by atoms with E-state index >= 15 is 0 Å². The summed E-state index contributed by atoms with van der Waals surface area (Å²) in [6.07, 6.45) is 1.79. The molecule has 0 fully saturated rings. The Morgan fingerprint density at radius 1 is 1.57 bits per heavy atom. The normalized spacial score (nSPS) is 13.0. The lowest BCUT2D eigenvalue weighted by atomic mass is 10.2. The van der Waals surface area contributed by atoms with Gasteiger partial charge in [0.2, 0.25) is 0 Å². The molecule has 5 heteroatoms. The summed E-state index contributed by atoms with van der Waals surface area (Å²) in [4.78, 5) is 2.83. The predicted molar refractivity (Wildman–Crippen MR) is 56.2 cm³/mol. The van der Waals surface area contributed by atoms with Crippen LogP contribution in [0.25, 0.3) is 0 Å². The molecule has 2 heterocycles. The van der Waals surface area contributed by atoms with Crippen LogP contribution in [0.4, 0.5) is 0 Å². The minimum Gasteiger partial charge on any atom is -0.307 e. The van der Waals surface area contributed by atoms with Crippen molar-refractivity contribution in [3.8, 4) is 0 Å². The fraction of sp³-hybridized carbons (Fsp3) is 0.333. The number of nitrogens with zero attached hydrogens (tertiary/aromatic N) is 3. The molecule has 0 aliphatic carbocycles. The first-order chi connectivity index (χ1) is 6.81. The minimum atomic E-state index is 0.156. The van der Waals surface area contributed by atoms with Crippen LogP contribution < -0.4 is 5.32 Å². The largest absolute Gasteiger partial charge is 0.307 e. The standard InChI is InChI=1S/C9H12N4S/c1-10-9(8-4-3-5-14-8)7-6-11-13(2)12-7/h3-6,9-10H,1-2H3. The molecule has 0 spiro atoms. The van der Waals surface area contributed by atoms with Crippen molar-refractivity contribution in [1.82, 2.24) is 20.3 Å². The fourth-order valence-corrected chi connectivity index (χ4v) is 2.23. The van der Waals surface area contributed by atoms with Gasteiger partial charge in [-0.25, -0.2) is 0 Å². The van der Waals surface area contributed by atoms with Crippen LogP contribution in [0, 0.1) is 0 Å². The van der Waals surface area contributed by atoms with Gasteiger partial charge in [-0.05, 0) is 18.5 Å². The molecule has 0 aliphatic heterocycles. The maximum absolute atomic E-state index is 4.29. The van der Waals surface area contributed by atoms with Crippen molar-refractivity contribution in [2.75, 3.05) is 7.05 Å². The number of aromatic nitrogens is 3. The second kappa shape index (κ2) is 3.89. The first kappa shape index (κ1) is 9.36. The van der Waals surface area contributed by atoms with Gasteiger partial charge in [0.15, 0.2) is 0 Å². The van der Waals surface area contributed by atoms with Gasteiger partial charge >= 0.3 is 0 Å². The summed E-state index contributed by atoms with van der Waals surface area (Å²) in [5, 5.41) is 13.6. The molecule has 0 saturated heterocycles. The molecule has 74 valence electrons. The highest BCUT2D eigenvalue weighted by Crippen LogP contribution is 2.23. The van der Waals surface area contributed by atoms with Crippen LogP contribution in [0.3, 0.4) is 0 Å². The summed E-state index contributed by atoms with van der Waals surface area (Å²) < 4.78 is 0. The maximum Gasteiger partial charge on any atom is 0.105 e. The summed E-state index contributed by atoms with van der Waals surface area (Å²) in [7, 11) is 3.75. The molecule has 0 bridgehead atoms. The summed E-state index contributed by atoms with van der Waals surface area (Å²) in [6.45, 7) is 0. The van der Waals surface area contributed by atoms with E-state index in [0.29, 0.717) is 0 Å². The highest BCUT2D eigenvalue weighted by Gasteiger charge is 2.15. The predicted octanol–water partition coefficient (Wildman–Crippen LogP) is 1.19. The number of thiophene rings is 1. The van der Waals surface area contributed by atoms with Gasteiger partial charge in [-0.1, -0.05) is 6.07 Å². The highest BCUT2D eigenvalue weighted by molar-refractivity contribution is 7.10. The van der Waals surface area contributed by atoms with Crippen LogP contribution in [-0.2, 0) is 7.05 Å². The van der Waals surface area contributed by atoms with Gasteiger partial charge in [-0.2, -0.15) is 15.0 Å².